The molecule has 5 heteroatoms. The smallest absolute Gasteiger partial charge is 0.141 e. The van der Waals surface area contributed by atoms with Crippen molar-refractivity contribution in [3.8, 4) is 5.75 Å². The number of aromatic hydroxyl groups is 1. The van der Waals surface area contributed by atoms with Gasteiger partial charge in [-0.1, -0.05) is 6.42 Å². The fourth-order valence-electron chi connectivity index (χ4n) is 2.78. The number of piperidine rings is 1. The molecule has 1 fully saturated rings. The van der Waals surface area contributed by atoms with Gasteiger partial charge >= 0.3 is 0 Å². The largest absolute Gasteiger partial charge is 0.506 e. The van der Waals surface area contributed by atoms with Gasteiger partial charge in [0.2, 0.25) is 0 Å². The topological polar surface area (TPSA) is 68.6 Å². The van der Waals surface area contributed by atoms with Gasteiger partial charge in [-0.25, -0.2) is 0 Å². The molecule has 1 aliphatic rings. The van der Waals surface area contributed by atoms with E-state index >= 15 is 0 Å². The Labute approximate surface area is 120 Å². The van der Waals surface area contributed by atoms with E-state index in [1.165, 1.54) is 19.3 Å². The van der Waals surface area contributed by atoms with E-state index in [-0.39, 0.29) is 12.4 Å². The Hall–Kier alpha value is -1.17. The van der Waals surface area contributed by atoms with Crippen molar-refractivity contribution in [2.75, 3.05) is 20.1 Å². The second kappa shape index (κ2) is 7.02. The van der Waals surface area contributed by atoms with E-state index in [2.05, 4.69) is 22.2 Å². The molecule has 1 aliphatic heterocycles. The molecule has 0 bridgehead atoms. The predicted molar refractivity (Wildman–Crippen MR) is 78.5 cm³/mol. The minimum atomic E-state index is -0.0960. The number of aliphatic hydroxyl groups is 1. The van der Waals surface area contributed by atoms with Crippen LogP contribution in [0.5, 0.6) is 5.75 Å². The van der Waals surface area contributed by atoms with Crippen molar-refractivity contribution >= 4 is 0 Å². The van der Waals surface area contributed by atoms with Crippen molar-refractivity contribution in [2.24, 2.45) is 0 Å². The molecule has 1 atom stereocenters. The molecule has 0 aliphatic carbocycles. The Morgan fingerprint density at radius 2 is 2.25 bits per heavy atom. The molecule has 5 nitrogen and oxygen atoms in total. The van der Waals surface area contributed by atoms with Crippen molar-refractivity contribution in [1.82, 2.24) is 15.2 Å². The van der Waals surface area contributed by atoms with Gasteiger partial charge in [-0.3, -0.25) is 4.98 Å². The van der Waals surface area contributed by atoms with E-state index in [1.54, 1.807) is 13.1 Å². The van der Waals surface area contributed by atoms with Gasteiger partial charge < -0.3 is 20.4 Å². The Bertz CT molecular complexity index is 451. The van der Waals surface area contributed by atoms with Crippen LogP contribution in [0, 0.1) is 6.92 Å². The highest BCUT2D eigenvalue weighted by atomic mass is 16.3. The molecule has 0 saturated carbocycles. The molecule has 1 aromatic heterocycles. The van der Waals surface area contributed by atoms with Gasteiger partial charge in [0.1, 0.15) is 5.75 Å². The summed E-state index contributed by atoms with van der Waals surface area (Å²) in [5, 5.41) is 22.8. The summed E-state index contributed by atoms with van der Waals surface area (Å²) in [6.07, 6.45) is 5.43. The molecule has 3 N–H and O–H groups in total. The molecule has 0 spiro atoms. The maximum absolute atomic E-state index is 10.1. The van der Waals surface area contributed by atoms with Crippen molar-refractivity contribution in [3.05, 3.63) is 23.0 Å². The molecule has 1 saturated heterocycles. The predicted octanol–water partition coefficient (Wildman–Crippen LogP) is 1.16. The number of hydrogen-bond donors (Lipinski definition) is 3. The third-order valence-electron chi connectivity index (χ3n) is 4.20. The molecule has 1 aromatic rings. The van der Waals surface area contributed by atoms with Crippen LogP contribution < -0.4 is 5.32 Å². The summed E-state index contributed by atoms with van der Waals surface area (Å²) in [5.41, 5.74) is 2.06. The molecule has 2 rings (SSSR count). The van der Waals surface area contributed by atoms with Crippen LogP contribution in [0.2, 0.25) is 0 Å². The maximum Gasteiger partial charge on any atom is 0.141 e. The number of nitrogens with one attached hydrogen (secondary N) is 1. The summed E-state index contributed by atoms with van der Waals surface area (Å²) < 4.78 is 0. The number of rotatable bonds is 5. The molecule has 2 heterocycles. The lowest BCUT2D eigenvalue weighted by atomic mass is 10.0. The number of aromatic nitrogens is 1. The van der Waals surface area contributed by atoms with Crippen LogP contribution in [0.15, 0.2) is 6.20 Å². The van der Waals surface area contributed by atoms with Gasteiger partial charge in [0, 0.05) is 36.5 Å². The van der Waals surface area contributed by atoms with Crippen LogP contribution in [0.1, 0.15) is 36.1 Å². The first-order valence-corrected chi connectivity index (χ1v) is 7.31. The Morgan fingerprint density at radius 1 is 1.45 bits per heavy atom. The number of likely N-dealkylation sites (N-methyl/N-ethyl adjacent to an activating group) is 1. The van der Waals surface area contributed by atoms with Crippen molar-refractivity contribution in [2.45, 2.75) is 45.4 Å². The van der Waals surface area contributed by atoms with Crippen molar-refractivity contribution in [1.29, 1.82) is 0 Å². The van der Waals surface area contributed by atoms with Gasteiger partial charge in [0.05, 0.1) is 12.3 Å². The minimum absolute atomic E-state index is 0.0960. The lowest BCUT2D eigenvalue weighted by molar-refractivity contribution is 0.181. The highest BCUT2D eigenvalue weighted by Gasteiger charge is 2.18. The Morgan fingerprint density at radius 3 is 2.95 bits per heavy atom. The van der Waals surface area contributed by atoms with Crippen molar-refractivity contribution in [3.63, 3.8) is 0 Å². The molecule has 0 radical (unpaired) electrons. The lowest BCUT2D eigenvalue weighted by Crippen LogP contribution is -2.42. The standard InChI is InChI=1S/C15H25N3O2/c1-11-15(20)14(12(10-19)7-17-11)9-16-8-13-5-3-4-6-18(13)2/h7,13,16,19-20H,3-6,8-10H2,1-2H3. The summed E-state index contributed by atoms with van der Waals surface area (Å²) in [7, 11) is 2.17. The summed E-state index contributed by atoms with van der Waals surface area (Å²) in [6.45, 7) is 4.31. The Balaban J connectivity index is 1.95. The summed E-state index contributed by atoms with van der Waals surface area (Å²) >= 11 is 0. The summed E-state index contributed by atoms with van der Waals surface area (Å²) in [5.74, 6) is 0.195. The first kappa shape index (κ1) is 15.2. The molecule has 0 amide bonds. The monoisotopic (exact) mass is 279 g/mol. The zero-order chi connectivity index (χ0) is 14.5. The second-order valence-corrected chi connectivity index (χ2v) is 5.62. The molecule has 112 valence electrons. The summed E-state index contributed by atoms with van der Waals surface area (Å²) in [4.78, 5) is 6.46. The van der Waals surface area contributed by atoms with Crippen LogP contribution >= 0.6 is 0 Å². The minimum Gasteiger partial charge on any atom is -0.506 e. The van der Waals surface area contributed by atoms with E-state index in [0.29, 0.717) is 23.8 Å². The van der Waals surface area contributed by atoms with Gasteiger partial charge in [0.15, 0.2) is 0 Å². The number of aryl methyl sites for hydroxylation is 1. The Kier molecular flexibility index (Phi) is 5.34. The fraction of sp³-hybridized carbons (Fsp3) is 0.667. The highest BCUT2D eigenvalue weighted by Crippen LogP contribution is 2.23. The quantitative estimate of drug-likeness (QED) is 0.755. The summed E-state index contributed by atoms with van der Waals surface area (Å²) in [6, 6.07) is 0.561. The van der Waals surface area contributed by atoms with E-state index < -0.39 is 0 Å². The number of aliphatic hydroxyl groups excluding tert-OH is 1. The fourth-order valence-corrected chi connectivity index (χ4v) is 2.78. The third kappa shape index (κ3) is 3.48. The van der Waals surface area contributed by atoms with Crippen LogP contribution in [0.4, 0.5) is 0 Å². The number of hydrogen-bond acceptors (Lipinski definition) is 5. The first-order valence-electron chi connectivity index (χ1n) is 7.31. The van der Waals surface area contributed by atoms with E-state index in [4.69, 9.17) is 0 Å². The molecular formula is C15H25N3O2. The molecule has 20 heavy (non-hydrogen) atoms. The van der Waals surface area contributed by atoms with E-state index in [9.17, 15) is 10.2 Å². The third-order valence-corrected chi connectivity index (χ3v) is 4.20. The molecule has 1 unspecified atom stereocenters. The van der Waals surface area contributed by atoms with Gasteiger partial charge in [-0.15, -0.1) is 0 Å². The number of likely N-dealkylation sites (tertiary alicyclic amines) is 1. The first-order chi connectivity index (χ1) is 9.63. The normalized spacial score (nSPS) is 20.2. The van der Waals surface area contributed by atoms with Crippen LogP contribution in [0.3, 0.4) is 0 Å². The second-order valence-electron chi connectivity index (χ2n) is 5.62. The molecular weight excluding hydrogens is 254 g/mol. The zero-order valence-electron chi connectivity index (χ0n) is 12.4. The van der Waals surface area contributed by atoms with Crippen LogP contribution in [-0.4, -0.2) is 46.3 Å². The molecule has 0 aromatic carbocycles. The van der Waals surface area contributed by atoms with E-state index in [0.717, 1.165) is 18.7 Å². The van der Waals surface area contributed by atoms with Crippen LogP contribution in [-0.2, 0) is 13.2 Å². The van der Waals surface area contributed by atoms with Gasteiger partial charge in [-0.2, -0.15) is 0 Å². The highest BCUT2D eigenvalue weighted by molar-refractivity contribution is 5.40. The number of nitrogens with zero attached hydrogens (tertiary/aromatic N) is 2. The van der Waals surface area contributed by atoms with Gasteiger partial charge in [0.25, 0.3) is 0 Å². The zero-order valence-corrected chi connectivity index (χ0v) is 12.4. The average molecular weight is 279 g/mol. The van der Waals surface area contributed by atoms with E-state index in [1.807, 2.05) is 0 Å². The maximum atomic E-state index is 10.1. The SMILES string of the molecule is Cc1ncc(CO)c(CNCC2CCCCN2C)c1O. The average Bonchev–Trinajstić information content (AvgIpc) is 2.45. The number of pyridine rings is 1. The van der Waals surface area contributed by atoms with Gasteiger partial charge in [-0.05, 0) is 33.4 Å². The van der Waals surface area contributed by atoms with Crippen LogP contribution in [0.25, 0.3) is 0 Å². The lowest BCUT2D eigenvalue weighted by Gasteiger charge is -2.32. The van der Waals surface area contributed by atoms with Crippen molar-refractivity contribution < 1.29 is 10.2 Å².